The topological polar surface area (TPSA) is 15.3 Å². The Hall–Kier alpha value is -0.860. The van der Waals surface area contributed by atoms with Crippen LogP contribution in [0.15, 0.2) is 30.3 Å². The van der Waals surface area contributed by atoms with Gasteiger partial charge in [0.05, 0.1) is 0 Å². The Bertz CT molecular complexity index is 332. The molecule has 108 valence electrons. The van der Waals surface area contributed by atoms with Crippen LogP contribution in [-0.2, 0) is 0 Å². The molecule has 0 heterocycles. The Kier molecular flexibility index (Phi) is 7.11. The number of nitrogens with zero attached hydrogens (tertiary/aromatic N) is 1. The monoisotopic (exact) mass is 262 g/mol. The third-order valence-corrected chi connectivity index (χ3v) is 3.76. The smallest absolute Gasteiger partial charge is 0.0343 e. The molecule has 0 radical (unpaired) electrons. The maximum absolute atomic E-state index is 3.70. The van der Waals surface area contributed by atoms with Crippen LogP contribution in [0.25, 0.3) is 0 Å². The van der Waals surface area contributed by atoms with Crippen molar-refractivity contribution in [1.29, 1.82) is 0 Å². The highest BCUT2D eigenvalue weighted by molar-refractivity contribution is 5.19. The number of rotatable bonds is 8. The van der Waals surface area contributed by atoms with Gasteiger partial charge in [0, 0.05) is 12.1 Å². The highest BCUT2D eigenvalue weighted by atomic mass is 15.1. The fraction of sp³-hybridized carbons (Fsp3) is 0.647. The van der Waals surface area contributed by atoms with E-state index in [-0.39, 0.29) is 0 Å². The molecule has 0 spiro atoms. The summed E-state index contributed by atoms with van der Waals surface area (Å²) in [7, 11) is 2.20. The average Bonchev–Trinajstić information content (AvgIpc) is 2.38. The first-order valence-corrected chi connectivity index (χ1v) is 7.51. The summed E-state index contributed by atoms with van der Waals surface area (Å²) in [4.78, 5) is 2.40. The summed E-state index contributed by atoms with van der Waals surface area (Å²) >= 11 is 0. The van der Waals surface area contributed by atoms with Crippen molar-refractivity contribution in [3.05, 3.63) is 35.9 Å². The molecule has 0 amide bonds. The van der Waals surface area contributed by atoms with Crippen LogP contribution >= 0.6 is 0 Å². The lowest BCUT2D eigenvalue weighted by atomic mass is 9.96. The molecule has 1 unspecified atom stereocenters. The van der Waals surface area contributed by atoms with Crippen LogP contribution in [0.5, 0.6) is 0 Å². The second kappa shape index (κ2) is 8.34. The van der Waals surface area contributed by atoms with Gasteiger partial charge in [-0.15, -0.1) is 0 Å². The fourth-order valence-electron chi connectivity index (χ4n) is 2.24. The zero-order valence-electron chi connectivity index (χ0n) is 13.2. The van der Waals surface area contributed by atoms with E-state index >= 15 is 0 Å². The second-order valence-corrected chi connectivity index (χ2v) is 6.01. The molecular weight excluding hydrogens is 232 g/mol. The molecule has 0 saturated heterocycles. The van der Waals surface area contributed by atoms with Gasteiger partial charge in [0.25, 0.3) is 0 Å². The summed E-state index contributed by atoms with van der Waals surface area (Å²) in [6.45, 7) is 11.3. The summed E-state index contributed by atoms with van der Waals surface area (Å²) in [6, 6.07) is 11.9. The molecule has 0 aliphatic heterocycles. The van der Waals surface area contributed by atoms with Crippen LogP contribution in [0, 0.1) is 5.92 Å². The lowest BCUT2D eigenvalue weighted by Crippen LogP contribution is -2.31. The molecule has 19 heavy (non-hydrogen) atoms. The Labute approximate surface area is 119 Å². The van der Waals surface area contributed by atoms with E-state index in [9.17, 15) is 0 Å². The van der Waals surface area contributed by atoms with E-state index in [1.165, 1.54) is 12.0 Å². The van der Waals surface area contributed by atoms with Crippen molar-refractivity contribution in [2.75, 3.05) is 20.1 Å². The lowest BCUT2D eigenvalue weighted by Gasteiger charge is -2.25. The largest absolute Gasteiger partial charge is 0.310 e. The van der Waals surface area contributed by atoms with Gasteiger partial charge in [-0.05, 0) is 51.9 Å². The van der Waals surface area contributed by atoms with Gasteiger partial charge >= 0.3 is 0 Å². The van der Waals surface area contributed by atoms with E-state index in [1.54, 1.807) is 0 Å². The minimum Gasteiger partial charge on any atom is -0.310 e. The first-order valence-electron chi connectivity index (χ1n) is 7.51. The van der Waals surface area contributed by atoms with E-state index in [0.29, 0.717) is 18.0 Å². The van der Waals surface area contributed by atoms with Gasteiger partial charge in [-0.25, -0.2) is 0 Å². The number of hydrogen-bond donors (Lipinski definition) is 1. The van der Waals surface area contributed by atoms with Crippen molar-refractivity contribution in [3.63, 3.8) is 0 Å². The molecule has 0 fully saturated rings. The van der Waals surface area contributed by atoms with Gasteiger partial charge in [-0.1, -0.05) is 44.2 Å². The quantitative estimate of drug-likeness (QED) is 0.719. The van der Waals surface area contributed by atoms with E-state index in [2.05, 4.69) is 75.3 Å². The molecular formula is C17H30N2. The average molecular weight is 262 g/mol. The van der Waals surface area contributed by atoms with Crippen molar-refractivity contribution in [2.24, 2.45) is 5.92 Å². The van der Waals surface area contributed by atoms with Crippen LogP contribution in [0.2, 0.25) is 0 Å². The normalized spacial score (nSPS) is 13.5. The highest BCUT2D eigenvalue weighted by Crippen LogP contribution is 2.20. The molecule has 1 atom stereocenters. The first kappa shape index (κ1) is 16.2. The SMILES string of the molecule is CC(C)C(NCCCN(C)C(C)C)c1ccccc1. The van der Waals surface area contributed by atoms with Crippen molar-refractivity contribution in [1.82, 2.24) is 10.2 Å². The van der Waals surface area contributed by atoms with Gasteiger partial charge in [0.15, 0.2) is 0 Å². The Balaban J connectivity index is 2.40. The van der Waals surface area contributed by atoms with E-state index in [0.717, 1.165) is 13.1 Å². The molecule has 1 N–H and O–H groups in total. The minimum atomic E-state index is 0.463. The summed E-state index contributed by atoms with van der Waals surface area (Å²) < 4.78 is 0. The Morgan fingerprint density at radius 3 is 2.21 bits per heavy atom. The Morgan fingerprint density at radius 1 is 1.05 bits per heavy atom. The molecule has 0 aliphatic carbocycles. The highest BCUT2D eigenvalue weighted by Gasteiger charge is 2.14. The van der Waals surface area contributed by atoms with Crippen molar-refractivity contribution < 1.29 is 0 Å². The second-order valence-electron chi connectivity index (χ2n) is 6.01. The number of nitrogens with one attached hydrogen (secondary N) is 1. The molecule has 0 aliphatic rings. The van der Waals surface area contributed by atoms with Gasteiger partial charge < -0.3 is 10.2 Å². The number of hydrogen-bond acceptors (Lipinski definition) is 2. The molecule has 1 aromatic carbocycles. The molecule has 0 bridgehead atoms. The fourth-order valence-corrected chi connectivity index (χ4v) is 2.24. The van der Waals surface area contributed by atoms with Crippen LogP contribution in [0.4, 0.5) is 0 Å². The molecule has 1 aromatic rings. The minimum absolute atomic E-state index is 0.463. The first-order chi connectivity index (χ1) is 9.02. The van der Waals surface area contributed by atoms with E-state index in [1.807, 2.05) is 0 Å². The van der Waals surface area contributed by atoms with Gasteiger partial charge in [-0.3, -0.25) is 0 Å². The lowest BCUT2D eigenvalue weighted by molar-refractivity contribution is 0.265. The van der Waals surface area contributed by atoms with E-state index in [4.69, 9.17) is 0 Å². The van der Waals surface area contributed by atoms with Crippen LogP contribution in [-0.4, -0.2) is 31.1 Å². The maximum Gasteiger partial charge on any atom is 0.0343 e. The predicted octanol–water partition coefficient (Wildman–Crippen LogP) is 3.70. The molecule has 2 heteroatoms. The molecule has 1 rings (SSSR count). The van der Waals surface area contributed by atoms with Gasteiger partial charge in [-0.2, -0.15) is 0 Å². The molecule has 0 saturated carbocycles. The summed E-state index contributed by atoms with van der Waals surface area (Å²) in [5, 5.41) is 3.70. The third kappa shape index (κ3) is 5.75. The van der Waals surface area contributed by atoms with Crippen LogP contribution < -0.4 is 5.32 Å². The summed E-state index contributed by atoms with van der Waals surface area (Å²) in [5.74, 6) is 0.616. The summed E-state index contributed by atoms with van der Waals surface area (Å²) in [6.07, 6.45) is 1.20. The summed E-state index contributed by atoms with van der Waals surface area (Å²) in [5.41, 5.74) is 1.40. The Morgan fingerprint density at radius 2 is 1.68 bits per heavy atom. The zero-order chi connectivity index (χ0) is 14.3. The van der Waals surface area contributed by atoms with Crippen molar-refractivity contribution >= 4 is 0 Å². The van der Waals surface area contributed by atoms with E-state index < -0.39 is 0 Å². The standard InChI is InChI=1S/C17H30N2/c1-14(2)17(16-10-7-6-8-11-16)18-12-9-13-19(5)15(3)4/h6-8,10-11,14-15,17-18H,9,12-13H2,1-5H3. The molecule has 2 nitrogen and oxygen atoms in total. The predicted molar refractivity (Wildman–Crippen MR) is 84.4 cm³/mol. The number of benzene rings is 1. The van der Waals surface area contributed by atoms with Crippen molar-refractivity contribution in [3.8, 4) is 0 Å². The van der Waals surface area contributed by atoms with Crippen LogP contribution in [0.3, 0.4) is 0 Å². The third-order valence-electron chi connectivity index (χ3n) is 3.76. The van der Waals surface area contributed by atoms with Gasteiger partial charge in [0.1, 0.15) is 0 Å². The maximum atomic E-state index is 3.70. The van der Waals surface area contributed by atoms with Gasteiger partial charge in [0.2, 0.25) is 0 Å². The molecule has 0 aromatic heterocycles. The van der Waals surface area contributed by atoms with Crippen molar-refractivity contribution in [2.45, 2.75) is 46.2 Å². The van der Waals surface area contributed by atoms with Crippen LogP contribution in [0.1, 0.15) is 45.7 Å². The zero-order valence-corrected chi connectivity index (χ0v) is 13.2.